The van der Waals surface area contributed by atoms with Crippen LogP contribution in [0.1, 0.15) is 12.5 Å². The van der Waals surface area contributed by atoms with Crippen molar-refractivity contribution in [3.8, 4) is 12.0 Å². The van der Waals surface area contributed by atoms with E-state index in [-0.39, 0.29) is 11.5 Å². The summed E-state index contributed by atoms with van der Waals surface area (Å²) < 4.78 is 12.6. The van der Waals surface area contributed by atoms with Gasteiger partial charge in [0.25, 0.3) is 0 Å². The zero-order valence-electron chi connectivity index (χ0n) is 8.64. The minimum absolute atomic E-state index is 0.191. The number of nitrogens with two attached hydrogens (primary N) is 1. The van der Waals surface area contributed by atoms with Crippen LogP contribution in [0.15, 0.2) is 34.4 Å². The molecule has 16 heavy (non-hydrogen) atoms. The SMILES string of the molecule is CC(F)C(N)=NC#Cc1ccccc1N=O. The molecule has 82 valence electrons. The Morgan fingerprint density at radius 3 is 2.81 bits per heavy atom. The lowest BCUT2D eigenvalue weighted by atomic mass is 10.2. The maximum absolute atomic E-state index is 12.6. The third kappa shape index (κ3) is 3.17. The Morgan fingerprint density at radius 2 is 2.19 bits per heavy atom. The highest BCUT2D eigenvalue weighted by molar-refractivity contribution is 5.85. The van der Waals surface area contributed by atoms with Crippen LogP contribution in [0.25, 0.3) is 0 Å². The molecule has 0 saturated carbocycles. The highest BCUT2D eigenvalue weighted by atomic mass is 19.1. The molecule has 0 bridgehead atoms. The molecule has 2 N–H and O–H groups in total. The molecule has 0 radical (unpaired) electrons. The van der Waals surface area contributed by atoms with Crippen molar-refractivity contribution >= 4 is 11.5 Å². The summed E-state index contributed by atoms with van der Waals surface area (Å²) in [6, 6.07) is 8.86. The first-order valence-corrected chi connectivity index (χ1v) is 4.55. The first-order valence-electron chi connectivity index (χ1n) is 4.55. The fourth-order valence-electron chi connectivity index (χ4n) is 0.901. The van der Waals surface area contributed by atoms with E-state index < -0.39 is 6.17 Å². The van der Waals surface area contributed by atoms with E-state index in [1.807, 2.05) is 0 Å². The third-order valence-corrected chi connectivity index (χ3v) is 1.79. The van der Waals surface area contributed by atoms with Gasteiger partial charge < -0.3 is 5.73 Å². The van der Waals surface area contributed by atoms with Gasteiger partial charge in [0.05, 0.1) is 5.56 Å². The van der Waals surface area contributed by atoms with Gasteiger partial charge in [-0.25, -0.2) is 4.39 Å². The lowest BCUT2D eigenvalue weighted by molar-refractivity contribution is 0.452. The third-order valence-electron chi connectivity index (χ3n) is 1.79. The molecule has 0 aliphatic heterocycles. The molecule has 0 aliphatic carbocycles. The van der Waals surface area contributed by atoms with Crippen LogP contribution in [0.5, 0.6) is 0 Å². The first-order chi connectivity index (χ1) is 7.65. The number of nitroso groups, excluding NO2 is 1. The summed E-state index contributed by atoms with van der Waals surface area (Å²) in [4.78, 5) is 13.9. The second kappa shape index (κ2) is 5.61. The van der Waals surface area contributed by atoms with Crippen LogP contribution in [0.2, 0.25) is 0 Å². The average Bonchev–Trinajstić information content (AvgIpc) is 2.29. The molecular formula is C11H10FN3O. The van der Waals surface area contributed by atoms with Gasteiger partial charge in [0.2, 0.25) is 0 Å². The molecule has 5 heteroatoms. The maximum Gasteiger partial charge on any atom is 0.155 e. The molecule has 1 atom stereocenters. The predicted molar refractivity (Wildman–Crippen MR) is 61.0 cm³/mol. The summed E-state index contributed by atoms with van der Waals surface area (Å²) in [5.41, 5.74) is 5.89. The highest BCUT2D eigenvalue weighted by Gasteiger charge is 2.01. The van der Waals surface area contributed by atoms with Crippen LogP contribution >= 0.6 is 0 Å². The Hall–Kier alpha value is -2.22. The minimum Gasteiger partial charge on any atom is -0.384 e. The van der Waals surface area contributed by atoms with Gasteiger partial charge in [0.15, 0.2) is 6.17 Å². The van der Waals surface area contributed by atoms with Gasteiger partial charge in [-0.05, 0) is 30.2 Å². The summed E-state index contributed by atoms with van der Waals surface area (Å²) in [6.45, 7) is 1.27. The number of aliphatic imine (C=N–C) groups is 1. The van der Waals surface area contributed by atoms with Crippen LogP contribution in [-0.4, -0.2) is 12.0 Å². The molecule has 0 heterocycles. The molecule has 0 fully saturated rings. The fourth-order valence-corrected chi connectivity index (χ4v) is 0.901. The average molecular weight is 219 g/mol. The maximum atomic E-state index is 12.6. The van der Waals surface area contributed by atoms with Gasteiger partial charge in [0, 0.05) is 6.04 Å². The van der Waals surface area contributed by atoms with Crippen LogP contribution in [-0.2, 0) is 0 Å². The molecule has 0 spiro atoms. The minimum atomic E-state index is -1.34. The number of alkyl halides is 1. The molecule has 0 aliphatic rings. The number of rotatable bonds is 2. The second-order valence-corrected chi connectivity index (χ2v) is 3.00. The Kier molecular flexibility index (Phi) is 4.16. The smallest absolute Gasteiger partial charge is 0.155 e. The lowest BCUT2D eigenvalue weighted by Crippen LogP contribution is -2.21. The predicted octanol–water partition coefficient (Wildman–Crippen LogP) is 2.11. The Labute approximate surface area is 92.4 Å². The largest absolute Gasteiger partial charge is 0.384 e. The van der Waals surface area contributed by atoms with Crippen LogP contribution in [0.3, 0.4) is 0 Å². The topological polar surface area (TPSA) is 67.8 Å². The van der Waals surface area contributed by atoms with Crippen molar-refractivity contribution in [1.29, 1.82) is 0 Å². The number of hydrogen-bond acceptors (Lipinski definition) is 3. The summed E-state index contributed by atoms with van der Waals surface area (Å²) in [5, 5.41) is 2.80. The van der Waals surface area contributed by atoms with Gasteiger partial charge in [-0.15, -0.1) is 4.91 Å². The summed E-state index contributed by atoms with van der Waals surface area (Å²) in [5.74, 6) is 2.38. The fraction of sp³-hybridized carbons (Fsp3) is 0.182. The first kappa shape index (κ1) is 11.9. The highest BCUT2D eigenvalue weighted by Crippen LogP contribution is 2.16. The Bertz CT molecular complexity index is 472. The molecule has 4 nitrogen and oxygen atoms in total. The van der Waals surface area contributed by atoms with Crippen LogP contribution in [0, 0.1) is 16.9 Å². The molecule has 1 aromatic carbocycles. The molecule has 1 unspecified atom stereocenters. The summed E-state index contributed by atoms with van der Waals surface area (Å²) in [7, 11) is 0. The zero-order valence-corrected chi connectivity index (χ0v) is 8.64. The Balaban J connectivity index is 2.93. The van der Waals surface area contributed by atoms with E-state index in [2.05, 4.69) is 22.1 Å². The molecule has 0 saturated heterocycles. The van der Waals surface area contributed by atoms with Crippen molar-refractivity contribution in [2.45, 2.75) is 13.1 Å². The van der Waals surface area contributed by atoms with Crippen molar-refractivity contribution in [2.24, 2.45) is 15.9 Å². The zero-order chi connectivity index (χ0) is 12.0. The van der Waals surface area contributed by atoms with Gasteiger partial charge in [-0.3, -0.25) is 0 Å². The van der Waals surface area contributed by atoms with Crippen molar-refractivity contribution in [3.63, 3.8) is 0 Å². The van der Waals surface area contributed by atoms with Crippen LogP contribution in [0.4, 0.5) is 10.1 Å². The summed E-state index contributed by atoms with van der Waals surface area (Å²) in [6.07, 6.45) is -1.34. The van der Waals surface area contributed by atoms with E-state index in [0.717, 1.165) is 0 Å². The molecular weight excluding hydrogens is 209 g/mol. The van der Waals surface area contributed by atoms with Gasteiger partial charge in [0.1, 0.15) is 11.5 Å². The van der Waals surface area contributed by atoms with Gasteiger partial charge >= 0.3 is 0 Å². The normalized spacial score (nSPS) is 12.5. The van der Waals surface area contributed by atoms with Crippen molar-refractivity contribution in [2.75, 3.05) is 0 Å². The number of benzene rings is 1. The van der Waals surface area contributed by atoms with E-state index in [1.165, 1.54) is 13.0 Å². The van der Waals surface area contributed by atoms with E-state index in [0.29, 0.717) is 5.56 Å². The van der Waals surface area contributed by atoms with E-state index in [1.54, 1.807) is 18.2 Å². The molecule has 0 aromatic heterocycles. The Morgan fingerprint density at radius 1 is 1.50 bits per heavy atom. The second-order valence-electron chi connectivity index (χ2n) is 3.00. The van der Waals surface area contributed by atoms with Crippen LogP contribution < -0.4 is 5.73 Å². The number of halogens is 1. The number of amidine groups is 1. The van der Waals surface area contributed by atoms with Crippen molar-refractivity contribution in [3.05, 3.63) is 34.7 Å². The van der Waals surface area contributed by atoms with Gasteiger partial charge in [-0.2, -0.15) is 4.99 Å². The standard InChI is InChI=1S/C11H10FN3O/c1-8(12)11(13)14-7-6-9-4-2-3-5-10(9)15-16/h2-5,8H,1H3,(H2,13,14). The quantitative estimate of drug-likeness (QED) is 0.358. The molecule has 0 amide bonds. The van der Waals surface area contributed by atoms with E-state index in [4.69, 9.17) is 5.73 Å². The summed E-state index contributed by atoms with van der Waals surface area (Å²) >= 11 is 0. The lowest BCUT2D eigenvalue weighted by Gasteiger charge is -1.95. The van der Waals surface area contributed by atoms with E-state index >= 15 is 0 Å². The molecule has 1 rings (SSSR count). The van der Waals surface area contributed by atoms with Crippen molar-refractivity contribution in [1.82, 2.24) is 0 Å². The monoisotopic (exact) mass is 219 g/mol. The number of hydrogen-bond donors (Lipinski definition) is 1. The number of nitrogens with zero attached hydrogens (tertiary/aromatic N) is 2. The molecule has 1 aromatic rings. The van der Waals surface area contributed by atoms with E-state index in [9.17, 15) is 9.30 Å². The van der Waals surface area contributed by atoms with Gasteiger partial charge in [-0.1, -0.05) is 12.1 Å². The van der Waals surface area contributed by atoms with Crippen molar-refractivity contribution < 1.29 is 4.39 Å².